The van der Waals surface area contributed by atoms with Gasteiger partial charge in [0.2, 0.25) is 0 Å². The molecule has 0 heterocycles. The second-order valence-electron chi connectivity index (χ2n) is 6.37. The molecular weight excluding hydrogens is 440 g/mol. The monoisotopic (exact) mass is 458 g/mol. The highest BCUT2D eigenvalue weighted by Gasteiger charge is 2.16. The molecule has 31 heavy (non-hydrogen) atoms. The summed E-state index contributed by atoms with van der Waals surface area (Å²) in [7, 11) is -3.77. The summed E-state index contributed by atoms with van der Waals surface area (Å²) >= 11 is 6.21. The zero-order valence-electron chi connectivity index (χ0n) is 16.5. The number of carbonyl (C=O) groups excluding carboxylic acids is 2. The van der Waals surface area contributed by atoms with Gasteiger partial charge >= 0.3 is 5.97 Å². The number of halogens is 1. The molecule has 0 saturated heterocycles. The second-order valence-corrected chi connectivity index (χ2v) is 8.45. The van der Waals surface area contributed by atoms with E-state index in [1.54, 1.807) is 37.3 Å². The predicted molar refractivity (Wildman–Crippen MR) is 119 cm³/mol. The third-order valence-corrected chi connectivity index (χ3v) is 5.88. The molecule has 0 aromatic heterocycles. The van der Waals surface area contributed by atoms with E-state index in [4.69, 9.17) is 16.3 Å². The van der Waals surface area contributed by atoms with E-state index in [-0.39, 0.29) is 27.8 Å². The average Bonchev–Trinajstić information content (AvgIpc) is 2.75. The molecule has 0 aliphatic carbocycles. The average molecular weight is 459 g/mol. The zero-order chi connectivity index (χ0) is 22.4. The summed E-state index contributed by atoms with van der Waals surface area (Å²) in [6.45, 7) is 1.99. The Balaban J connectivity index is 1.71. The van der Waals surface area contributed by atoms with Crippen molar-refractivity contribution in [2.24, 2.45) is 0 Å². The first kappa shape index (κ1) is 22.3. The van der Waals surface area contributed by atoms with Gasteiger partial charge in [-0.25, -0.2) is 13.2 Å². The van der Waals surface area contributed by atoms with E-state index in [1.165, 1.54) is 42.5 Å². The molecule has 3 aromatic rings. The molecule has 3 rings (SSSR count). The van der Waals surface area contributed by atoms with Gasteiger partial charge in [-0.05, 0) is 61.5 Å². The summed E-state index contributed by atoms with van der Waals surface area (Å²) in [6.07, 6.45) is 0. The van der Waals surface area contributed by atoms with Crippen LogP contribution in [-0.2, 0) is 14.8 Å². The van der Waals surface area contributed by atoms with Gasteiger partial charge in [0.15, 0.2) is 0 Å². The first-order chi connectivity index (χ1) is 14.8. The maximum Gasteiger partial charge on any atom is 0.338 e. The van der Waals surface area contributed by atoms with Crippen molar-refractivity contribution in [1.82, 2.24) is 0 Å². The van der Waals surface area contributed by atoms with Crippen LogP contribution in [0.3, 0.4) is 0 Å². The van der Waals surface area contributed by atoms with Crippen LogP contribution in [0.4, 0.5) is 11.4 Å². The Hall–Kier alpha value is -3.36. The van der Waals surface area contributed by atoms with Crippen LogP contribution in [0.15, 0.2) is 77.7 Å². The van der Waals surface area contributed by atoms with E-state index in [0.717, 1.165) is 0 Å². The van der Waals surface area contributed by atoms with Crippen LogP contribution in [0, 0.1) is 0 Å². The minimum Gasteiger partial charge on any atom is -0.462 e. The Morgan fingerprint density at radius 3 is 2.19 bits per heavy atom. The van der Waals surface area contributed by atoms with Crippen LogP contribution in [0.1, 0.15) is 27.6 Å². The molecule has 7 nitrogen and oxygen atoms in total. The Morgan fingerprint density at radius 2 is 1.58 bits per heavy atom. The molecule has 0 fully saturated rings. The Kier molecular flexibility index (Phi) is 6.94. The third-order valence-electron chi connectivity index (χ3n) is 4.17. The smallest absolute Gasteiger partial charge is 0.338 e. The molecule has 0 aliphatic heterocycles. The molecule has 0 saturated carbocycles. The molecule has 0 spiro atoms. The summed E-state index contributed by atoms with van der Waals surface area (Å²) in [5, 5.41) is 2.75. The number of carbonyl (C=O) groups is 2. The van der Waals surface area contributed by atoms with Crippen LogP contribution < -0.4 is 10.0 Å². The van der Waals surface area contributed by atoms with Gasteiger partial charge in [-0.15, -0.1) is 0 Å². The van der Waals surface area contributed by atoms with Gasteiger partial charge in [-0.1, -0.05) is 29.8 Å². The van der Waals surface area contributed by atoms with Crippen molar-refractivity contribution >= 4 is 44.9 Å². The Labute approximate surface area is 185 Å². The van der Waals surface area contributed by atoms with Gasteiger partial charge in [0.25, 0.3) is 15.9 Å². The van der Waals surface area contributed by atoms with Gasteiger partial charge in [-0.2, -0.15) is 0 Å². The largest absolute Gasteiger partial charge is 0.462 e. The molecule has 0 aliphatic rings. The van der Waals surface area contributed by atoms with Gasteiger partial charge in [0.05, 0.1) is 33.3 Å². The van der Waals surface area contributed by atoms with Crippen molar-refractivity contribution < 1.29 is 22.7 Å². The molecule has 160 valence electrons. The molecular formula is C22H19ClN2O5S. The predicted octanol–water partition coefficient (Wildman–Crippen LogP) is 4.57. The fraction of sp³-hybridized carbons (Fsp3) is 0.0909. The lowest BCUT2D eigenvalue weighted by Gasteiger charge is -2.11. The van der Waals surface area contributed by atoms with Crippen molar-refractivity contribution in [1.29, 1.82) is 0 Å². The van der Waals surface area contributed by atoms with Gasteiger partial charge in [0.1, 0.15) is 0 Å². The number of rotatable bonds is 7. The van der Waals surface area contributed by atoms with E-state index in [2.05, 4.69) is 10.0 Å². The van der Waals surface area contributed by atoms with Crippen molar-refractivity contribution in [3.05, 3.63) is 88.9 Å². The summed E-state index contributed by atoms with van der Waals surface area (Å²) in [5.74, 6) is -0.927. The lowest BCUT2D eigenvalue weighted by atomic mass is 10.1. The number of sulfonamides is 1. The molecule has 1 amide bonds. The first-order valence-corrected chi connectivity index (χ1v) is 11.1. The molecule has 0 radical (unpaired) electrons. The first-order valence-electron chi connectivity index (χ1n) is 9.26. The second kappa shape index (κ2) is 9.63. The molecule has 2 N–H and O–H groups in total. The van der Waals surface area contributed by atoms with Gasteiger partial charge in [0, 0.05) is 5.69 Å². The highest BCUT2D eigenvalue weighted by atomic mass is 35.5. The normalized spacial score (nSPS) is 10.9. The fourth-order valence-electron chi connectivity index (χ4n) is 2.68. The maximum atomic E-state index is 12.5. The quantitative estimate of drug-likeness (QED) is 0.505. The summed E-state index contributed by atoms with van der Waals surface area (Å²) < 4.78 is 32.2. The van der Waals surface area contributed by atoms with Crippen molar-refractivity contribution in [2.45, 2.75) is 11.8 Å². The number of ether oxygens (including phenoxy) is 1. The zero-order valence-corrected chi connectivity index (χ0v) is 18.0. The van der Waals surface area contributed by atoms with Crippen molar-refractivity contribution in [2.75, 3.05) is 16.6 Å². The van der Waals surface area contributed by atoms with Crippen LogP contribution in [0.2, 0.25) is 5.02 Å². The lowest BCUT2D eigenvalue weighted by molar-refractivity contribution is 0.0526. The topological polar surface area (TPSA) is 102 Å². The number of nitrogens with one attached hydrogen (secondary N) is 2. The maximum absolute atomic E-state index is 12.5. The highest BCUT2D eigenvalue weighted by molar-refractivity contribution is 7.92. The fourth-order valence-corrected chi connectivity index (χ4v) is 4.02. The molecule has 0 unspecified atom stereocenters. The van der Waals surface area contributed by atoms with Crippen LogP contribution >= 0.6 is 11.6 Å². The van der Waals surface area contributed by atoms with Crippen LogP contribution in [0.25, 0.3) is 0 Å². The summed E-state index contributed by atoms with van der Waals surface area (Å²) in [4.78, 5) is 24.3. The van der Waals surface area contributed by atoms with Gasteiger partial charge < -0.3 is 10.1 Å². The number of benzene rings is 3. The molecule has 0 bridgehead atoms. The molecule has 9 heteroatoms. The van der Waals surface area contributed by atoms with Gasteiger partial charge in [-0.3, -0.25) is 9.52 Å². The Bertz CT molecular complexity index is 1200. The standard InChI is InChI=1S/C22H19ClN2O5S/c1-2-30-22(27)15-8-10-16(11-9-15)24-21(26)19-13-12-17(14-20(19)23)25-31(28,29)18-6-4-3-5-7-18/h3-14,25H,2H2,1H3,(H,24,26). The third kappa shape index (κ3) is 5.62. The number of hydrogen-bond acceptors (Lipinski definition) is 5. The van der Waals surface area contributed by atoms with E-state index in [1.807, 2.05) is 0 Å². The number of esters is 1. The molecule has 3 aromatic carbocycles. The lowest BCUT2D eigenvalue weighted by Crippen LogP contribution is -2.15. The van der Waals surface area contributed by atoms with Crippen LogP contribution in [0.5, 0.6) is 0 Å². The number of amides is 1. The van der Waals surface area contributed by atoms with E-state index >= 15 is 0 Å². The minimum absolute atomic E-state index is 0.0777. The van der Waals surface area contributed by atoms with E-state index in [0.29, 0.717) is 11.3 Å². The van der Waals surface area contributed by atoms with Crippen molar-refractivity contribution in [3.63, 3.8) is 0 Å². The van der Waals surface area contributed by atoms with E-state index in [9.17, 15) is 18.0 Å². The minimum atomic E-state index is -3.77. The SMILES string of the molecule is CCOC(=O)c1ccc(NC(=O)c2ccc(NS(=O)(=O)c3ccccc3)cc2Cl)cc1. The summed E-state index contributed by atoms with van der Waals surface area (Å²) in [5.41, 5.74) is 1.22. The number of anilines is 2. The van der Waals surface area contributed by atoms with E-state index < -0.39 is 21.9 Å². The molecule has 0 atom stereocenters. The Morgan fingerprint density at radius 1 is 0.935 bits per heavy atom. The highest BCUT2D eigenvalue weighted by Crippen LogP contribution is 2.24. The summed E-state index contributed by atoms with van der Waals surface area (Å²) in [6, 6.07) is 18.3. The van der Waals surface area contributed by atoms with Crippen molar-refractivity contribution in [3.8, 4) is 0 Å². The number of hydrogen-bond donors (Lipinski definition) is 2. The van der Waals surface area contributed by atoms with Crippen LogP contribution in [-0.4, -0.2) is 26.9 Å².